The molecule has 2 rings (SSSR count). The second kappa shape index (κ2) is 4.64. The molecule has 3 heteroatoms. The van der Waals surface area contributed by atoms with Crippen LogP contribution in [0.5, 0.6) is 0 Å². The van der Waals surface area contributed by atoms with Gasteiger partial charge in [0, 0.05) is 23.4 Å². The molecule has 0 saturated carbocycles. The van der Waals surface area contributed by atoms with Crippen LogP contribution in [0.3, 0.4) is 0 Å². The standard InChI is InChI=1S/C12H24N2S/c1-10-5-3-7-14(10)12(9-13)6-4-8-15-11(12)2/h10-11H,3-9,13H2,1-2H3. The molecule has 0 aromatic heterocycles. The summed E-state index contributed by atoms with van der Waals surface area (Å²) in [4.78, 5) is 2.71. The minimum Gasteiger partial charge on any atom is -0.329 e. The molecule has 88 valence electrons. The highest BCUT2D eigenvalue weighted by molar-refractivity contribution is 8.00. The molecule has 0 spiro atoms. The lowest BCUT2D eigenvalue weighted by atomic mass is 9.87. The third-order valence-corrected chi connectivity index (χ3v) is 5.82. The minimum atomic E-state index is 0.304. The van der Waals surface area contributed by atoms with Gasteiger partial charge in [0.15, 0.2) is 0 Å². The molecule has 0 aromatic carbocycles. The highest BCUT2D eigenvalue weighted by Gasteiger charge is 2.45. The van der Waals surface area contributed by atoms with Crippen LogP contribution in [0.15, 0.2) is 0 Å². The number of hydrogen-bond acceptors (Lipinski definition) is 3. The summed E-state index contributed by atoms with van der Waals surface area (Å²) in [7, 11) is 0. The van der Waals surface area contributed by atoms with E-state index in [0.717, 1.165) is 12.6 Å². The van der Waals surface area contributed by atoms with Gasteiger partial charge in [0.05, 0.1) is 0 Å². The summed E-state index contributed by atoms with van der Waals surface area (Å²) in [6, 6.07) is 0.745. The Hall–Kier alpha value is 0.270. The van der Waals surface area contributed by atoms with E-state index in [1.807, 2.05) is 0 Å². The molecule has 2 fully saturated rings. The van der Waals surface area contributed by atoms with Crippen LogP contribution in [0, 0.1) is 0 Å². The topological polar surface area (TPSA) is 29.3 Å². The van der Waals surface area contributed by atoms with Crippen molar-refractivity contribution in [2.45, 2.75) is 56.4 Å². The lowest BCUT2D eigenvalue weighted by molar-refractivity contribution is 0.0756. The molecule has 2 nitrogen and oxygen atoms in total. The van der Waals surface area contributed by atoms with E-state index in [1.165, 1.54) is 38.0 Å². The van der Waals surface area contributed by atoms with Crippen molar-refractivity contribution in [3.8, 4) is 0 Å². The molecule has 15 heavy (non-hydrogen) atoms. The van der Waals surface area contributed by atoms with Crippen LogP contribution in [-0.4, -0.2) is 40.6 Å². The first-order valence-corrected chi connectivity index (χ1v) is 7.34. The third kappa shape index (κ3) is 1.94. The van der Waals surface area contributed by atoms with Gasteiger partial charge in [0.2, 0.25) is 0 Å². The number of nitrogens with zero attached hydrogens (tertiary/aromatic N) is 1. The summed E-state index contributed by atoms with van der Waals surface area (Å²) < 4.78 is 0. The van der Waals surface area contributed by atoms with Crippen LogP contribution in [-0.2, 0) is 0 Å². The summed E-state index contributed by atoms with van der Waals surface area (Å²) in [5.41, 5.74) is 6.42. The van der Waals surface area contributed by atoms with Gasteiger partial charge in [-0.3, -0.25) is 4.90 Å². The maximum absolute atomic E-state index is 6.12. The van der Waals surface area contributed by atoms with Crippen LogP contribution in [0.1, 0.15) is 39.5 Å². The van der Waals surface area contributed by atoms with Gasteiger partial charge in [-0.25, -0.2) is 0 Å². The zero-order valence-corrected chi connectivity index (χ0v) is 10.9. The van der Waals surface area contributed by atoms with Crippen molar-refractivity contribution in [3.05, 3.63) is 0 Å². The predicted octanol–water partition coefficient (Wildman–Crippen LogP) is 2.08. The number of thioether (sulfide) groups is 1. The van der Waals surface area contributed by atoms with Crippen molar-refractivity contribution in [2.75, 3.05) is 18.8 Å². The summed E-state index contributed by atoms with van der Waals surface area (Å²) in [6.45, 7) is 6.85. The maximum atomic E-state index is 6.12. The fourth-order valence-electron chi connectivity index (χ4n) is 3.35. The van der Waals surface area contributed by atoms with Crippen LogP contribution in [0.4, 0.5) is 0 Å². The van der Waals surface area contributed by atoms with Crippen LogP contribution in [0.25, 0.3) is 0 Å². The van der Waals surface area contributed by atoms with E-state index in [9.17, 15) is 0 Å². The first-order chi connectivity index (χ1) is 7.20. The van der Waals surface area contributed by atoms with Gasteiger partial charge in [-0.2, -0.15) is 11.8 Å². The van der Waals surface area contributed by atoms with Crippen molar-refractivity contribution < 1.29 is 0 Å². The Balaban J connectivity index is 2.18. The highest BCUT2D eigenvalue weighted by Crippen LogP contribution is 2.41. The van der Waals surface area contributed by atoms with Gasteiger partial charge >= 0.3 is 0 Å². The number of hydrogen-bond donors (Lipinski definition) is 1. The Morgan fingerprint density at radius 3 is 2.73 bits per heavy atom. The average Bonchev–Trinajstić information content (AvgIpc) is 2.66. The quantitative estimate of drug-likeness (QED) is 0.784. The zero-order chi connectivity index (χ0) is 10.9. The first kappa shape index (κ1) is 11.7. The monoisotopic (exact) mass is 228 g/mol. The SMILES string of the molecule is CC1CCCN1C1(CN)CCCSC1C. The maximum Gasteiger partial charge on any atom is 0.0450 e. The molecule has 0 amide bonds. The lowest BCUT2D eigenvalue weighted by Gasteiger charge is -2.50. The molecule has 2 heterocycles. The van der Waals surface area contributed by atoms with Gasteiger partial charge < -0.3 is 5.73 Å². The molecular weight excluding hydrogens is 204 g/mol. The molecule has 2 saturated heterocycles. The minimum absolute atomic E-state index is 0.304. The molecule has 3 unspecified atom stereocenters. The molecule has 0 bridgehead atoms. The molecule has 0 aromatic rings. The summed E-state index contributed by atoms with van der Waals surface area (Å²) in [5.74, 6) is 1.32. The average molecular weight is 228 g/mol. The molecule has 3 atom stereocenters. The Morgan fingerprint density at radius 2 is 2.20 bits per heavy atom. The summed E-state index contributed by atoms with van der Waals surface area (Å²) >= 11 is 2.12. The van der Waals surface area contributed by atoms with Crippen LogP contribution in [0.2, 0.25) is 0 Å². The van der Waals surface area contributed by atoms with Crippen molar-refractivity contribution in [2.24, 2.45) is 5.73 Å². The van der Waals surface area contributed by atoms with E-state index in [0.29, 0.717) is 10.8 Å². The Kier molecular flexibility index (Phi) is 3.63. The largest absolute Gasteiger partial charge is 0.329 e. The molecule has 2 aliphatic rings. The van der Waals surface area contributed by atoms with E-state index in [2.05, 4.69) is 30.5 Å². The normalized spacial score (nSPS) is 43.4. The highest BCUT2D eigenvalue weighted by atomic mass is 32.2. The number of nitrogens with two attached hydrogens (primary N) is 1. The molecule has 0 aliphatic carbocycles. The molecule has 2 N–H and O–H groups in total. The van der Waals surface area contributed by atoms with Crippen molar-refractivity contribution in [1.82, 2.24) is 4.90 Å². The van der Waals surface area contributed by atoms with E-state index in [1.54, 1.807) is 0 Å². The molecule has 0 radical (unpaired) electrons. The van der Waals surface area contributed by atoms with Crippen molar-refractivity contribution in [1.29, 1.82) is 0 Å². The zero-order valence-electron chi connectivity index (χ0n) is 10.0. The lowest BCUT2D eigenvalue weighted by Crippen LogP contribution is -2.61. The second-order valence-corrected chi connectivity index (χ2v) is 6.56. The summed E-state index contributed by atoms with van der Waals surface area (Å²) in [5, 5.41) is 0.705. The van der Waals surface area contributed by atoms with E-state index in [-0.39, 0.29) is 0 Å². The van der Waals surface area contributed by atoms with Gasteiger partial charge in [-0.1, -0.05) is 6.92 Å². The second-order valence-electron chi connectivity index (χ2n) is 5.11. The predicted molar refractivity (Wildman–Crippen MR) is 68.3 cm³/mol. The smallest absolute Gasteiger partial charge is 0.0450 e. The van der Waals surface area contributed by atoms with Crippen LogP contribution < -0.4 is 5.73 Å². The van der Waals surface area contributed by atoms with Crippen molar-refractivity contribution >= 4 is 11.8 Å². The summed E-state index contributed by atoms with van der Waals surface area (Å²) in [6.07, 6.45) is 5.37. The Labute approximate surface area is 98.0 Å². The molecular formula is C12H24N2S. The number of likely N-dealkylation sites (tertiary alicyclic amines) is 1. The molecule has 2 aliphatic heterocycles. The van der Waals surface area contributed by atoms with Crippen molar-refractivity contribution in [3.63, 3.8) is 0 Å². The van der Waals surface area contributed by atoms with Gasteiger partial charge in [0.25, 0.3) is 0 Å². The van der Waals surface area contributed by atoms with Gasteiger partial charge in [0.1, 0.15) is 0 Å². The van der Waals surface area contributed by atoms with E-state index in [4.69, 9.17) is 5.73 Å². The van der Waals surface area contributed by atoms with E-state index < -0.39 is 0 Å². The van der Waals surface area contributed by atoms with Gasteiger partial charge in [-0.05, 0) is 44.9 Å². The number of rotatable bonds is 2. The van der Waals surface area contributed by atoms with Gasteiger partial charge in [-0.15, -0.1) is 0 Å². The van der Waals surface area contributed by atoms with E-state index >= 15 is 0 Å². The van der Waals surface area contributed by atoms with Crippen LogP contribution >= 0.6 is 11.8 Å². The fraction of sp³-hybridized carbons (Fsp3) is 1.00. The Morgan fingerprint density at radius 1 is 1.40 bits per heavy atom. The Bertz CT molecular complexity index is 222. The third-order valence-electron chi connectivity index (χ3n) is 4.36. The fourth-order valence-corrected chi connectivity index (χ4v) is 4.68. The first-order valence-electron chi connectivity index (χ1n) is 6.29.